The summed E-state index contributed by atoms with van der Waals surface area (Å²) < 4.78 is 0. The second kappa shape index (κ2) is 8.83. The van der Waals surface area contributed by atoms with Gasteiger partial charge in [-0.2, -0.15) is 0 Å². The number of rotatable bonds is 7. The van der Waals surface area contributed by atoms with E-state index in [0.29, 0.717) is 17.7 Å². The Hall–Kier alpha value is -1.88. The summed E-state index contributed by atoms with van der Waals surface area (Å²) in [7, 11) is 0. The van der Waals surface area contributed by atoms with Gasteiger partial charge in [0.25, 0.3) is 11.8 Å². The van der Waals surface area contributed by atoms with Crippen molar-refractivity contribution in [1.82, 2.24) is 9.80 Å². The van der Waals surface area contributed by atoms with Gasteiger partial charge in [0.2, 0.25) is 0 Å². The molecule has 2 N–H and O–H groups in total. The highest BCUT2D eigenvalue weighted by Gasteiger charge is 2.28. The lowest BCUT2D eigenvalue weighted by atomic mass is 10.1. The zero-order valence-electron chi connectivity index (χ0n) is 14.8. The van der Waals surface area contributed by atoms with Crippen molar-refractivity contribution in [3.05, 3.63) is 35.4 Å². The number of amides is 2. The molecule has 1 atom stereocenters. The van der Waals surface area contributed by atoms with Gasteiger partial charge in [-0.15, -0.1) is 0 Å². The van der Waals surface area contributed by atoms with Crippen molar-refractivity contribution in [2.24, 2.45) is 5.73 Å². The first kappa shape index (κ1) is 18.5. The van der Waals surface area contributed by atoms with Crippen LogP contribution in [0.25, 0.3) is 0 Å². The molecule has 1 aliphatic rings. The molecule has 5 heteroatoms. The van der Waals surface area contributed by atoms with Gasteiger partial charge in [-0.05, 0) is 43.9 Å². The molecule has 0 saturated carbocycles. The molecular weight excluding hydrogens is 302 g/mol. The Morgan fingerprint density at radius 1 is 1.21 bits per heavy atom. The number of benzene rings is 1. The number of hydrogen-bond donors (Lipinski definition) is 1. The number of carbonyl (C=O) groups excluding carboxylic acids is 2. The van der Waals surface area contributed by atoms with Crippen LogP contribution < -0.4 is 5.73 Å². The maximum absolute atomic E-state index is 12.8. The van der Waals surface area contributed by atoms with Gasteiger partial charge in [-0.1, -0.05) is 19.9 Å². The van der Waals surface area contributed by atoms with Crippen LogP contribution in [0.2, 0.25) is 0 Å². The fourth-order valence-electron chi connectivity index (χ4n) is 3.34. The smallest absolute Gasteiger partial charge is 0.254 e. The summed E-state index contributed by atoms with van der Waals surface area (Å²) in [5.41, 5.74) is 6.94. The van der Waals surface area contributed by atoms with E-state index < -0.39 is 0 Å². The van der Waals surface area contributed by atoms with E-state index in [-0.39, 0.29) is 17.9 Å². The SMILES string of the molecule is CCCN(CCC)C(=O)c1cccc(C(=O)N2CCCC2CN)c1. The van der Waals surface area contributed by atoms with Crippen LogP contribution in [-0.2, 0) is 0 Å². The van der Waals surface area contributed by atoms with E-state index in [9.17, 15) is 9.59 Å². The van der Waals surface area contributed by atoms with Crippen molar-refractivity contribution < 1.29 is 9.59 Å². The first-order chi connectivity index (χ1) is 11.6. The fraction of sp³-hybridized carbons (Fsp3) is 0.579. The highest BCUT2D eigenvalue weighted by Crippen LogP contribution is 2.20. The van der Waals surface area contributed by atoms with Gasteiger partial charge in [-0.25, -0.2) is 0 Å². The van der Waals surface area contributed by atoms with Gasteiger partial charge >= 0.3 is 0 Å². The minimum Gasteiger partial charge on any atom is -0.339 e. The molecule has 24 heavy (non-hydrogen) atoms. The molecule has 1 aromatic carbocycles. The maximum Gasteiger partial charge on any atom is 0.254 e. The minimum atomic E-state index is -0.0184. The fourth-order valence-corrected chi connectivity index (χ4v) is 3.34. The van der Waals surface area contributed by atoms with E-state index >= 15 is 0 Å². The average molecular weight is 331 g/mol. The summed E-state index contributed by atoms with van der Waals surface area (Å²) in [4.78, 5) is 29.2. The van der Waals surface area contributed by atoms with Crippen LogP contribution in [-0.4, -0.2) is 53.8 Å². The minimum absolute atomic E-state index is 0.00477. The predicted molar refractivity (Wildman–Crippen MR) is 96.0 cm³/mol. The Morgan fingerprint density at radius 2 is 1.88 bits per heavy atom. The maximum atomic E-state index is 12.8. The number of likely N-dealkylation sites (tertiary alicyclic amines) is 1. The van der Waals surface area contributed by atoms with Crippen LogP contribution >= 0.6 is 0 Å². The van der Waals surface area contributed by atoms with Gasteiger partial charge in [0.15, 0.2) is 0 Å². The molecule has 1 aromatic rings. The quantitative estimate of drug-likeness (QED) is 0.835. The van der Waals surface area contributed by atoms with E-state index in [4.69, 9.17) is 5.73 Å². The van der Waals surface area contributed by atoms with Gasteiger partial charge < -0.3 is 15.5 Å². The Morgan fingerprint density at radius 3 is 2.50 bits per heavy atom. The van der Waals surface area contributed by atoms with Gasteiger partial charge in [0.05, 0.1) is 0 Å². The molecule has 1 heterocycles. The monoisotopic (exact) mass is 331 g/mol. The first-order valence-electron chi connectivity index (χ1n) is 9.02. The third-order valence-electron chi connectivity index (χ3n) is 4.54. The van der Waals surface area contributed by atoms with Crippen molar-refractivity contribution in [2.75, 3.05) is 26.2 Å². The third kappa shape index (κ3) is 4.15. The van der Waals surface area contributed by atoms with Gasteiger partial charge in [-0.3, -0.25) is 9.59 Å². The molecule has 2 amide bonds. The normalized spacial score (nSPS) is 17.1. The molecular formula is C19H29N3O2. The molecule has 0 bridgehead atoms. The van der Waals surface area contributed by atoms with Crippen LogP contribution in [0.5, 0.6) is 0 Å². The summed E-state index contributed by atoms with van der Waals surface area (Å²) >= 11 is 0. The molecule has 0 aromatic heterocycles. The molecule has 132 valence electrons. The van der Waals surface area contributed by atoms with E-state index in [1.54, 1.807) is 24.3 Å². The molecule has 5 nitrogen and oxygen atoms in total. The van der Waals surface area contributed by atoms with Crippen molar-refractivity contribution in [3.63, 3.8) is 0 Å². The second-order valence-corrected chi connectivity index (χ2v) is 6.40. The zero-order chi connectivity index (χ0) is 17.5. The summed E-state index contributed by atoms with van der Waals surface area (Å²) in [6.07, 6.45) is 3.81. The Labute approximate surface area is 144 Å². The summed E-state index contributed by atoms with van der Waals surface area (Å²) in [5, 5.41) is 0. The average Bonchev–Trinajstić information content (AvgIpc) is 3.09. The van der Waals surface area contributed by atoms with Crippen LogP contribution in [0, 0.1) is 0 Å². The van der Waals surface area contributed by atoms with E-state index in [1.165, 1.54) is 0 Å². The highest BCUT2D eigenvalue weighted by atomic mass is 16.2. The number of nitrogens with two attached hydrogens (primary N) is 1. The molecule has 0 spiro atoms. The van der Waals surface area contributed by atoms with Crippen molar-refractivity contribution in [2.45, 2.75) is 45.6 Å². The molecule has 1 unspecified atom stereocenters. The Bertz CT molecular complexity index is 567. The lowest BCUT2D eigenvalue weighted by Gasteiger charge is -2.24. The summed E-state index contributed by atoms with van der Waals surface area (Å²) in [5.74, 6) is -0.0136. The summed E-state index contributed by atoms with van der Waals surface area (Å²) in [6.45, 7) is 6.85. The van der Waals surface area contributed by atoms with Crippen LogP contribution in [0.15, 0.2) is 24.3 Å². The number of carbonyl (C=O) groups is 2. The van der Waals surface area contributed by atoms with Crippen molar-refractivity contribution >= 4 is 11.8 Å². The molecule has 0 radical (unpaired) electrons. The summed E-state index contributed by atoms with van der Waals surface area (Å²) in [6, 6.07) is 7.23. The zero-order valence-corrected chi connectivity index (χ0v) is 14.8. The number of nitrogens with zero attached hydrogens (tertiary/aromatic N) is 2. The van der Waals surface area contributed by atoms with E-state index in [0.717, 1.165) is 45.3 Å². The lowest BCUT2D eigenvalue weighted by Crippen LogP contribution is -2.40. The molecule has 1 saturated heterocycles. The Kier molecular flexibility index (Phi) is 6.79. The molecule has 1 fully saturated rings. The highest BCUT2D eigenvalue weighted by molar-refractivity contribution is 5.99. The third-order valence-corrected chi connectivity index (χ3v) is 4.54. The van der Waals surface area contributed by atoms with Gasteiger partial charge in [0.1, 0.15) is 0 Å². The van der Waals surface area contributed by atoms with Crippen LogP contribution in [0.4, 0.5) is 0 Å². The van der Waals surface area contributed by atoms with Crippen LogP contribution in [0.1, 0.15) is 60.2 Å². The first-order valence-corrected chi connectivity index (χ1v) is 9.02. The second-order valence-electron chi connectivity index (χ2n) is 6.40. The van der Waals surface area contributed by atoms with Crippen LogP contribution in [0.3, 0.4) is 0 Å². The molecule has 2 rings (SSSR count). The van der Waals surface area contributed by atoms with E-state index in [1.807, 2.05) is 9.80 Å². The molecule has 0 aliphatic carbocycles. The van der Waals surface area contributed by atoms with Crippen molar-refractivity contribution in [1.29, 1.82) is 0 Å². The molecule has 1 aliphatic heterocycles. The van der Waals surface area contributed by atoms with Gasteiger partial charge in [0, 0.05) is 43.3 Å². The number of hydrogen-bond acceptors (Lipinski definition) is 3. The standard InChI is InChI=1S/C19H29N3O2/c1-3-10-21(11-4-2)18(23)15-7-5-8-16(13-15)19(24)22-12-6-9-17(22)14-20/h5,7-8,13,17H,3-4,6,9-12,14,20H2,1-2H3. The largest absolute Gasteiger partial charge is 0.339 e. The topological polar surface area (TPSA) is 66.6 Å². The Balaban J connectivity index is 2.18. The predicted octanol–water partition coefficient (Wildman–Crippen LogP) is 2.51. The van der Waals surface area contributed by atoms with Crippen molar-refractivity contribution in [3.8, 4) is 0 Å². The lowest BCUT2D eigenvalue weighted by molar-refractivity contribution is 0.0741. The van der Waals surface area contributed by atoms with E-state index in [2.05, 4.69) is 13.8 Å².